The average molecular weight is 477 g/mol. The largest absolute Gasteiger partial charge is 0.485 e. The highest BCUT2D eigenvalue weighted by molar-refractivity contribution is 7.22. The minimum absolute atomic E-state index is 0.665. The topological polar surface area (TPSA) is 18.5 Å². The van der Waals surface area contributed by atoms with Gasteiger partial charge in [0, 0.05) is 9.75 Å². The molecule has 0 saturated heterocycles. The molecule has 1 aliphatic heterocycles. The van der Waals surface area contributed by atoms with Crippen LogP contribution in [0, 0.1) is 13.8 Å². The van der Waals surface area contributed by atoms with Gasteiger partial charge in [-0.05, 0) is 50.7 Å². The van der Waals surface area contributed by atoms with Gasteiger partial charge in [0.25, 0.3) is 0 Å². The molecular formula is C28H44O2S2. The van der Waals surface area contributed by atoms with E-state index in [0.717, 1.165) is 11.5 Å². The second-order valence-electron chi connectivity index (χ2n) is 9.32. The zero-order chi connectivity index (χ0) is 22.8. The van der Waals surface area contributed by atoms with Crippen molar-refractivity contribution in [3.63, 3.8) is 0 Å². The maximum atomic E-state index is 6.13. The van der Waals surface area contributed by atoms with Crippen molar-refractivity contribution in [1.29, 1.82) is 0 Å². The molecule has 0 fully saturated rings. The first-order chi connectivity index (χ1) is 15.7. The lowest BCUT2D eigenvalue weighted by atomic mass is 9.96. The van der Waals surface area contributed by atoms with Crippen LogP contribution in [-0.4, -0.2) is 13.2 Å². The van der Waals surface area contributed by atoms with Crippen molar-refractivity contribution in [3.8, 4) is 21.3 Å². The molecule has 0 N–H and O–H groups in total. The molecule has 3 rings (SSSR count). The molecule has 0 aromatic carbocycles. The zero-order valence-corrected chi connectivity index (χ0v) is 22.6. The number of fused-ring (bicyclic) bond motifs is 1. The van der Waals surface area contributed by atoms with Crippen LogP contribution in [0.2, 0.25) is 0 Å². The molecular weight excluding hydrogens is 432 g/mol. The van der Waals surface area contributed by atoms with Crippen LogP contribution >= 0.6 is 22.7 Å². The molecule has 0 atom stereocenters. The van der Waals surface area contributed by atoms with Crippen LogP contribution in [0.3, 0.4) is 0 Å². The summed E-state index contributed by atoms with van der Waals surface area (Å²) in [4.78, 5) is 5.56. The number of thiophene rings is 2. The smallest absolute Gasteiger partial charge is 0.181 e. The zero-order valence-electron chi connectivity index (χ0n) is 20.9. The summed E-state index contributed by atoms with van der Waals surface area (Å²) < 4.78 is 12.1. The van der Waals surface area contributed by atoms with Crippen LogP contribution in [0.25, 0.3) is 9.75 Å². The third kappa shape index (κ3) is 6.76. The van der Waals surface area contributed by atoms with Gasteiger partial charge in [0.05, 0.1) is 9.75 Å². The van der Waals surface area contributed by atoms with Crippen LogP contribution < -0.4 is 9.47 Å². The Morgan fingerprint density at radius 3 is 1.69 bits per heavy atom. The molecule has 1 aliphatic rings. The first kappa shape index (κ1) is 25.6. The van der Waals surface area contributed by atoms with Gasteiger partial charge in [-0.15, -0.1) is 22.7 Å². The molecule has 0 spiro atoms. The average Bonchev–Trinajstić information content (AvgIpc) is 3.30. The van der Waals surface area contributed by atoms with Gasteiger partial charge in [-0.3, -0.25) is 0 Å². The summed E-state index contributed by atoms with van der Waals surface area (Å²) in [6.07, 6.45) is 18.8. The normalized spacial score (nSPS) is 13.1. The summed E-state index contributed by atoms with van der Waals surface area (Å²) in [5, 5.41) is 0. The molecule has 0 unspecified atom stereocenters. The number of unbranched alkanes of at least 4 members (excludes halogenated alkanes) is 10. The van der Waals surface area contributed by atoms with Crippen molar-refractivity contribution in [2.45, 2.75) is 118 Å². The van der Waals surface area contributed by atoms with E-state index in [4.69, 9.17) is 9.47 Å². The van der Waals surface area contributed by atoms with E-state index in [1.165, 1.54) is 109 Å². The molecule has 0 aliphatic carbocycles. The van der Waals surface area contributed by atoms with Crippen LogP contribution in [0.15, 0.2) is 0 Å². The third-order valence-electron chi connectivity index (χ3n) is 6.65. The lowest BCUT2D eigenvalue weighted by Gasteiger charge is -2.17. The summed E-state index contributed by atoms with van der Waals surface area (Å²) in [6, 6.07) is 0. The Balaban J connectivity index is 1.76. The van der Waals surface area contributed by atoms with Crippen LogP contribution in [0.4, 0.5) is 0 Å². The first-order valence-electron chi connectivity index (χ1n) is 13.2. The van der Waals surface area contributed by atoms with Gasteiger partial charge in [0.2, 0.25) is 0 Å². The molecule has 32 heavy (non-hydrogen) atoms. The van der Waals surface area contributed by atoms with Crippen LogP contribution in [0.5, 0.6) is 11.5 Å². The summed E-state index contributed by atoms with van der Waals surface area (Å²) in [5.74, 6) is 2.00. The van der Waals surface area contributed by atoms with E-state index in [1.54, 1.807) is 11.1 Å². The van der Waals surface area contributed by atoms with Crippen LogP contribution in [-0.2, 0) is 12.8 Å². The van der Waals surface area contributed by atoms with E-state index in [2.05, 4.69) is 27.7 Å². The molecule has 4 heteroatoms. The Morgan fingerprint density at radius 2 is 1.06 bits per heavy atom. The monoisotopic (exact) mass is 476 g/mol. The van der Waals surface area contributed by atoms with Crippen molar-refractivity contribution in [2.24, 2.45) is 0 Å². The highest BCUT2D eigenvalue weighted by Crippen LogP contribution is 2.52. The SMILES string of the molecule is CCCCCCCCc1c(C)sc(-c2sc(C)c3c2OCCO3)c1CCCCCCCC. The van der Waals surface area contributed by atoms with E-state index in [-0.39, 0.29) is 0 Å². The second kappa shape index (κ2) is 13.6. The maximum Gasteiger partial charge on any atom is 0.181 e. The van der Waals surface area contributed by atoms with Gasteiger partial charge < -0.3 is 9.47 Å². The lowest BCUT2D eigenvalue weighted by Crippen LogP contribution is -2.14. The Kier molecular flexibility index (Phi) is 10.9. The molecule has 0 bridgehead atoms. The lowest BCUT2D eigenvalue weighted by molar-refractivity contribution is 0.173. The van der Waals surface area contributed by atoms with Crippen molar-refractivity contribution >= 4 is 22.7 Å². The fourth-order valence-electron chi connectivity index (χ4n) is 4.81. The minimum atomic E-state index is 0.665. The van der Waals surface area contributed by atoms with Gasteiger partial charge >= 0.3 is 0 Å². The third-order valence-corrected chi connectivity index (χ3v) is 9.07. The summed E-state index contributed by atoms with van der Waals surface area (Å²) in [6.45, 7) is 10.4. The van der Waals surface area contributed by atoms with Crippen molar-refractivity contribution in [3.05, 3.63) is 20.9 Å². The quantitative estimate of drug-likeness (QED) is 0.238. The Morgan fingerprint density at radius 1 is 0.562 bits per heavy atom. The second-order valence-corrected chi connectivity index (χ2v) is 11.8. The minimum Gasteiger partial charge on any atom is -0.485 e. The number of hydrogen-bond donors (Lipinski definition) is 0. The van der Waals surface area contributed by atoms with Gasteiger partial charge in [0.15, 0.2) is 11.5 Å². The molecule has 180 valence electrons. The fourth-order valence-corrected chi connectivity index (χ4v) is 7.26. The first-order valence-corrected chi connectivity index (χ1v) is 14.8. The number of hydrogen-bond acceptors (Lipinski definition) is 4. The molecule has 0 amide bonds. The molecule has 3 heterocycles. The maximum absolute atomic E-state index is 6.13. The number of ether oxygens (including phenoxy) is 2. The molecule has 0 saturated carbocycles. The molecule has 0 radical (unpaired) electrons. The molecule has 2 nitrogen and oxygen atoms in total. The number of aryl methyl sites for hydroxylation is 2. The number of rotatable bonds is 15. The van der Waals surface area contributed by atoms with E-state index in [0.29, 0.717) is 13.2 Å². The fraction of sp³-hybridized carbons (Fsp3) is 0.714. The van der Waals surface area contributed by atoms with E-state index in [9.17, 15) is 0 Å². The Labute approximate surface area is 204 Å². The van der Waals surface area contributed by atoms with Gasteiger partial charge in [-0.2, -0.15) is 0 Å². The Hall–Kier alpha value is -1.00. The van der Waals surface area contributed by atoms with Gasteiger partial charge in [-0.1, -0.05) is 78.1 Å². The van der Waals surface area contributed by atoms with Crippen molar-refractivity contribution in [2.75, 3.05) is 13.2 Å². The van der Waals surface area contributed by atoms with Gasteiger partial charge in [-0.25, -0.2) is 0 Å². The van der Waals surface area contributed by atoms with Crippen molar-refractivity contribution in [1.82, 2.24) is 0 Å². The van der Waals surface area contributed by atoms with Crippen LogP contribution in [0.1, 0.15) is 112 Å². The summed E-state index contributed by atoms with van der Waals surface area (Å²) in [5.41, 5.74) is 3.26. The molecule has 2 aromatic rings. The highest BCUT2D eigenvalue weighted by Gasteiger charge is 2.27. The van der Waals surface area contributed by atoms with E-state index in [1.807, 2.05) is 22.7 Å². The van der Waals surface area contributed by atoms with E-state index >= 15 is 0 Å². The Bertz CT molecular complexity index is 818. The summed E-state index contributed by atoms with van der Waals surface area (Å²) in [7, 11) is 0. The standard InChI is InChI=1S/C28H44O2S2/c1-5-7-9-11-13-15-17-23-21(3)31-27(24(23)18-16-14-12-10-8-6-2)28-26-25(22(4)32-28)29-19-20-30-26/h5-20H2,1-4H3. The highest BCUT2D eigenvalue weighted by atomic mass is 32.1. The van der Waals surface area contributed by atoms with Gasteiger partial charge in [0.1, 0.15) is 13.2 Å². The van der Waals surface area contributed by atoms with E-state index < -0.39 is 0 Å². The van der Waals surface area contributed by atoms with Crippen molar-refractivity contribution < 1.29 is 9.47 Å². The summed E-state index contributed by atoms with van der Waals surface area (Å²) >= 11 is 3.87. The predicted molar refractivity (Wildman–Crippen MR) is 142 cm³/mol. The predicted octanol–water partition coefficient (Wildman–Crippen LogP) is 9.67. The molecule has 2 aromatic heterocycles.